The molecule has 118 valence electrons. The summed E-state index contributed by atoms with van der Waals surface area (Å²) in [5, 5.41) is 6.48. The van der Waals surface area contributed by atoms with Crippen molar-refractivity contribution in [2.24, 2.45) is 5.41 Å². The number of ether oxygens (including phenoxy) is 1. The third-order valence-electron chi connectivity index (χ3n) is 3.96. The molecule has 2 N–H and O–H groups in total. The van der Waals surface area contributed by atoms with Crippen LogP contribution in [0.2, 0.25) is 0 Å². The van der Waals surface area contributed by atoms with Gasteiger partial charge in [-0.3, -0.25) is 0 Å². The van der Waals surface area contributed by atoms with Crippen LogP contribution in [0.1, 0.15) is 52.9 Å². The molecule has 0 aliphatic heterocycles. The number of hydrogen-bond donors (Lipinski definition) is 2. The van der Waals surface area contributed by atoms with E-state index in [0.717, 1.165) is 13.1 Å². The summed E-state index contributed by atoms with van der Waals surface area (Å²) >= 11 is 0. The fourth-order valence-electron chi connectivity index (χ4n) is 2.74. The lowest BCUT2D eigenvalue weighted by molar-refractivity contribution is 0.233. The Balaban J connectivity index is 2.03. The van der Waals surface area contributed by atoms with Crippen LogP contribution in [0.3, 0.4) is 0 Å². The van der Waals surface area contributed by atoms with Gasteiger partial charge in [-0.25, -0.2) is 0 Å². The van der Waals surface area contributed by atoms with E-state index in [-0.39, 0.29) is 0 Å². The number of nitrogens with one attached hydrogen (secondary N) is 2. The molecule has 1 fully saturated rings. The summed E-state index contributed by atoms with van der Waals surface area (Å²) in [5.41, 5.74) is 0.342. The molecule has 1 saturated carbocycles. The van der Waals surface area contributed by atoms with Gasteiger partial charge >= 0.3 is 6.01 Å². The molecule has 2 rings (SSSR count). The maximum absolute atomic E-state index is 5.41. The van der Waals surface area contributed by atoms with E-state index in [1.165, 1.54) is 32.1 Å². The van der Waals surface area contributed by atoms with E-state index < -0.39 is 0 Å². The molecule has 1 aromatic rings. The normalized spacial score (nSPS) is 17.3. The van der Waals surface area contributed by atoms with E-state index in [1.807, 2.05) is 13.8 Å². The molecule has 1 heterocycles. The molecule has 1 aliphatic rings. The molecular formula is C15H27N5O. The van der Waals surface area contributed by atoms with E-state index in [1.54, 1.807) is 0 Å². The van der Waals surface area contributed by atoms with Gasteiger partial charge in [-0.1, -0.05) is 26.2 Å². The fraction of sp³-hybridized carbons (Fsp3) is 0.800. The first-order valence-corrected chi connectivity index (χ1v) is 8.02. The molecule has 0 unspecified atom stereocenters. The Bertz CT molecular complexity index is 421. The molecule has 1 aromatic heterocycles. The average molecular weight is 293 g/mol. The fourth-order valence-corrected chi connectivity index (χ4v) is 2.74. The zero-order chi connectivity index (χ0) is 15.1. The summed E-state index contributed by atoms with van der Waals surface area (Å²) in [5.74, 6) is 1.16. The molecule has 0 atom stereocenters. The van der Waals surface area contributed by atoms with Crippen molar-refractivity contribution >= 4 is 11.9 Å². The summed E-state index contributed by atoms with van der Waals surface area (Å²) in [6, 6.07) is 0.375. The van der Waals surface area contributed by atoms with Crippen LogP contribution in [0.4, 0.5) is 11.9 Å². The van der Waals surface area contributed by atoms with Crippen molar-refractivity contribution in [1.29, 1.82) is 0 Å². The van der Waals surface area contributed by atoms with E-state index in [4.69, 9.17) is 4.74 Å². The lowest BCUT2D eigenvalue weighted by atomic mass is 9.76. The Kier molecular flexibility index (Phi) is 5.59. The smallest absolute Gasteiger partial charge is 0.323 e. The van der Waals surface area contributed by atoms with E-state index >= 15 is 0 Å². The second-order valence-corrected chi connectivity index (χ2v) is 5.95. The first kappa shape index (κ1) is 15.8. The van der Waals surface area contributed by atoms with Crippen molar-refractivity contribution in [3.05, 3.63) is 0 Å². The van der Waals surface area contributed by atoms with Crippen LogP contribution in [0.5, 0.6) is 6.01 Å². The molecule has 0 radical (unpaired) electrons. The highest BCUT2D eigenvalue weighted by Gasteiger charge is 2.26. The SMILES string of the molecule is CCNc1nc(NCC2(C)CCCCC2)nc(OCC)n1. The van der Waals surface area contributed by atoms with Crippen LogP contribution in [0, 0.1) is 5.41 Å². The van der Waals surface area contributed by atoms with E-state index in [2.05, 4.69) is 32.5 Å². The van der Waals surface area contributed by atoms with Gasteiger partial charge in [0.25, 0.3) is 0 Å². The highest BCUT2D eigenvalue weighted by Crippen LogP contribution is 2.35. The van der Waals surface area contributed by atoms with Gasteiger partial charge in [-0.15, -0.1) is 0 Å². The van der Waals surface area contributed by atoms with Gasteiger partial charge in [-0.05, 0) is 32.1 Å². The van der Waals surface area contributed by atoms with Gasteiger partial charge in [-0.2, -0.15) is 15.0 Å². The second-order valence-electron chi connectivity index (χ2n) is 5.95. The van der Waals surface area contributed by atoms with Crippen molar-refractivity contribution in [2.45, 2.75) is 52.9 Å². The van der Waals surface area contributed by atoms with Crippen LogP contribution >= 0.6 is 0 Å². The molecular weight excluding hydrogens is 266 g/mol. The highest BCUT2D eigenvalue weighted by molar-refractivity contribution is 5.36. The van der Waals surface area contributed by atoms with Crippen LogP contribution < -0.4 is 15.4 Å². The van der Waals surface area contributed by atoms with Gasteiger partial charge < -0.3 is 15.4 Å². The number of aromatic nitrogens is 3. The zero-order valence-electron chi connectivity index (χ0n) is 13.4. The summed E-state index contributed by atoms with van der Waals surface area (Å²) in [4.78, 5) is 13.0. The van der Waals surface area contributed by atoms with Crippen molar-refractivity contribution < 1.29 is 4.74 Å². The van der Waals surface area contributed by atoms with Gasteiger partial charge in [0.1, 0.15) is 0 Å². The number of rotatable bonds is 7. The maximum Gasteiger partial charge on any atom is 0.323 e. The van der Waals surface area contributed by atoms with E-state index in [0.29, 0.717) is 29.9 Å². The summed E-state index contributed by atoms with van der Waals surface area (Å²) < 4.78 is 5.41. The molecule has 0 aromatic carbocycles. The number of nitrogens with zero attached hydrogens (tertiary/aromatic N) is 3. The van der Waals surface area contributed by atoms with Crippen molar-refractivity contribution in [3.8, 4) is 6.01 Å². The molecule has 0 spiro atoms. The minimum Gasteiger partial charge on any atom is -0.464 e. The Morgan fingerprint density at radius 2 is 1.67 bits per heavy atom. The molecule has 6 nitrogen and oxygen atoms in total. The monoisotopic (exact) mass is 293 g/mol. The standard InChI is InChI=1S/C15H27N5O/c1-4-16-12-18-13(20-14(19-12)21-5-2)17-11-15(3)9-7-6-8-10-15/h4-11H2,1-3H3,(H2,16,17,18,19,20). The Labute approximate surface area is 127 Å². The van der Waals surface area contributed by atoms with Crippen molar-refractivity contribution in [2.75, 3.05) is 30.3 Å². The summed E-state index contributed by atoms with van der Waals surface area (Å²) in [6.07, 6.45) is 6.54. The van der Waals surface area contributed by atoms with Gasteiger partial charge in [0, 0.05) is 13.1 Å². The Morgan fingerprint density at radius 1 is 1.00 bits per heavy atom. The maximum atomic E-state index is 5.41. The lowest BCUT2D eigenvalue weighted by Gasteiger charge is -2.33. The molecule has 0 saturated heterocycles. The van der Waals surface area contributed by atoms with Crippen LogP contribution in [-0.2, 0) is 0 Å². The van der Waals surface area contributed by atoms with Gasteiger partial charge in [0.15, 0.2) is 0 Å². The van der Waals surface area contributed by atoms with Crippen LogP contribution in [0.25, 0.3) is 0 Å². The molecule has 0 bridgehead atoms. The average Bonchev–Trinajstić information content (AvgIpc) is 2.47. The summed E-state index contributed by atoms with van der Waals surface area (Å²) in [6.45, 7) is 8.50. The Morgan fingerprint density at radius 3 is 2.29 bits per heavy atom. The molecule has 0 amide bonds. The third-order valence-corrected chi connectivity index (χ3v) is 3.96. The van der Waals surface area contributed by atoms with E-state index in [9.17, 15) is 0 Å². The molecule has 21 heavy (non-hydrogen) atoms. The molecule has 1 aliphatic carbocycles. The van der Waals surface area contributed by atoms with Crippen molar-refractivity contribution in [3.63, 3.8) is 0 Å². The minimum atomic E-state index is 0.342. The second kappa shape index (κ2) is 7.43. The van der Waals surface area contributed by atoms with Crippen LogP contribution in [-0.4, -0.2) is 34.6 Å². The number of anilines is 2. The summed E-state index contributed by atoms with van der Waals surface area (Å²) in [7, 11) is 0. The Hall–Kier alpha value is -1.59. The number of hydrogen-bond acceptors (Lipinski definition) is 6. The first-order valence-electron chi connectivity index (χ1n) is 8.02. The highest BCUT2D eigenvalue weighted by atomic mass is 16.5. The minimum absolute atomic E-state index is 0.342. The quantitative estimate of drug-likeness (QED) is 0.805. The topological polar surface area (TPSA) is 72.0 Å². The predicted octanol–water partition coefficient (Wildman–Crippen LogP) is 3.08. The predicted molar refractivity (Wildman–Crippen MR) is 84.8 cm³/mol. The first-order chi connectivity index (χ1) is 10.1. The van der Waals surface area contributed by atoms with Gasteiger partial charge in [0.2, 0.25) is 11.9 Å². The lowest BCUT2D eigenvalue weighted by Crippen LogP contribution is -2.29. The van der Waals surface area contributed by atoms with Crippen molar-refractivity contribution in [1.82, 2.24) is 15.0 Å². The van der Waals surface area contributed by atoms with Gasteiger partial charge in [0.05, 0.1) is 6.61 Å². The zero-order valence-corrected chi connectivity index (χ0v) is 13.4. The van der Waals surface area contributed by atoms with Crippen LogP contribution in [0.15, 0.2) is 0 Å². The molecule has 6 heteroatoms. The largest absolute Gasteiger partial charge is 0.464 e. The third kappa shape index (κ3) is 4.72.